The lowest BCUT2D eigenvalue weighted by Gasteiger charge is -2.18. The second-order valence-corrected chi connectivity index (χ2v) is 6.04. The van der Waals surface area contributed by atoms with Gasteiger partial charge in [0.25, 0.3) is 0 Å². The quantitative estimate of drug-likeness (QED) is 0.617. The summed E-state index contributed by atoms with van der Waals surface area (Å²) in [6.07, 6.45) is 2.46. The highest BCUT2D eigenvalue weighted by Gasteiger charge is 2.24. The first-order valence-electron chi connectivity index (χ1n) is 6.63. The van der Waals surface area contributed by atoms with Gasteiger partial charge in [0.15, 0.2) is 13.0 Å². The van der Waals surface area contributed by atoms with Crippen LogP contribution >= 0.6 is 11.3 Å². The Balaban J connectivity index is 1.82. The molecule has 2 unspecified atom stereocenters. The Morgan fingerprint density at radius 3 is 3.05 bits per heavy atom. The number of ether oxygens (including phenoxy) is 1. The van der Waals surface area contributed by atoms with E-state index >= 15 is 0 Å². The lowest BCUT2D eigenvalue weighted by molar-refractivity contribution is -0.151. The van der Waals surface area contributed by atoms with Gasteiger partial charge < -0.3 is 10.5 Å². The molecule has 0 amide bonds. The van der Waals surface area contributed by atoms with Crippen LogP contribution < -0.4 is 5.73 Å². The van der Waals surface area contributed by atoms with Gasteiger partial charge in [-0.15, -0.1) is 11.3 Å². The second kappa shape index (κ2) is 6.77. The fourth-order valence-corrected chi connectivity index (χ4v) is 2.57. The summed E-state index contributed by atoms with van der Waals surface area (Å²) in [4.78, 5) is 26.5. The SMILES string of the molecule is CC(C)C(N)C(=O)OCN1CC(c2nc(C=O)cs2)C=N1. The van der Waals surface area contributed by atoms with E-state index in [0.29, 0.717) is 12.2 Å². The second-order valence-electron chi connectivity index (χ2n) is 5.15. The molecule has 2 heterocycles. The van der Waals surface area contributed by atoms with Crippen LogP contribution in [0.4, 0.5) is 0 Å². The highest BCUT2D eigenvalue weighted by atomic mass is 32.1. The fraction of sp³-hybridized carbons (Fsp3) is 0.538. The van der Waals surface area contributed by atoms with Crippen molar-refractivity contribution in [2.45, 2.75) is 25.8 Å². The predicted molar refractivity (Wildman–Crippen MR) is 79.2 cm³/mol. The third-order valence-corrected chi connectivity index (χ3v) is 4.14. The molecule has 2 N–H and O–H groups in total. The summed E-state index contributed by atoms with van der Waals surface area (Å²) in [5.41, 5.74) is 6.14. The number of nitrogens with two attached hydrogens (primary N) is 1. The first-order valence-corrected chi connectivity index (χ1v) is 7.51. The molecule has 0 aliphatic carbocycles. The Morgan fingerprint density at radius 2 is 2.43 bits per heavy atom. The van der Waals surface area contributed by atoms with Crippen molar-refractivity contribution in [3.05, 3.63) is 16.1 Å². The van der Waals surface area contributed by atoms with Crippen LogP contribution in [-0.2, 0) is 9.53 Å². The van der Waals surface area contributed by atoms with Gasteiger partial charge in [-0.05, 0) is 5.92 Å². The molecule has 2 atom stereocenters. The smallest absolute Gasteiger partial charge is 0.324 e. The Bertz CT molecular complexity index is 543. The summed E-state index contributed by atoms with van der Waals surface area (Å²) in [7, 11) is 0. The van der Waals surface area contributed by atoms with E-state index in [-0.39, 0.29) is 18.6 Å². The molecule has 1 aromatic heterocycles. The lowest BCUT2D eigenvalue weighted by Crippen LogP contribution is -2.38. The zero-order valence-electron chi connectivity index (χ0n) is 11.9. The molecule has 8 heteroatoms. The normalized spacial score (nSPS) is 19.0. The topological polar surface area (TPSA) is 97.9 Å². The molecule has 0 saturated heterocycles. The third-order valence-electron chi connectivity index (χ3n) is 3.14. The summed E-state index contributed by atoms with van der Waals surface area (Å²) in [5.74, 6) is -0.383. The van der Waals surface area contributed by atoms with E-state index in [1.807, 2.05) is 13.8 Å². The number of nitrogens with zero attached hydrogens (tertiary/aromatic N) is 3. The van der Waals surface area contributed by atoms with E-state index < -0.39 is 12.0 Å². The van der Waals surface area contributed by atoms with Crippen molar-refractivity contribution in [2.24, 2.45) is 16.8 Å². The van der Waals surface area contributed by atoms with Gasteiger partial charge in [0.1, 0.15) is 16.7 Å². The van der Waals surface area contributed by atoms with Crippen molar-refractivity contribution < 1.29 is 14.3 Å². The van der Waals surface area contributed by atoms with E-state index in [2.05, 4.69) is 10.1 Å². The number of aldehydes is 1. The number of hydrogen-bond acceptors (Lipinski definition) is 8. The van der Waals surface area contributed by atoms with Crippen LogP contribution in [0.2, 0.25) is 0 Å². The number of carbonyl (C=O) groups is 2. The Hall–Kier alpha value is -1.80. The first-order chi connectivity index (χ1) is 10.0. The van der Waals surface area contributed by atoms with Crippen molar-refractivity contribution in [1.29, 1.82) is 0 Å². The highest BCUT2D eigenvalue weighted by molar-refractivity contribution is 7.10. The minimum atomic E-state index is -0.624. The molecule has 1 aromatic rings. The summed E-state index contributed by atoms with van der Waals surface area (Å²) >= 11 is 1.42. The van der Waals surface area contributed by atoms with Crippen LogP contribution in [0.1, 0.15) is 35.3 Å². The van der Waals surface area contributed by atoms with Crippen molar-refractivity contribution in [2.75, 3.05) is 13.3 Å². The number of rotatable bonds is 6. The summed E-state index contributed by atoms with van der Waals surface area (Å²) < 4.78 is 5.13. The van der Waals surface area contributed by atoms with Gasteiger partial charge >= 0.3 is 5.97 Å². The third kappa shape index (κ3) is 3.85. The fourth-order valence-electron chi connectivity index (χ4n) is 1.76. The number of hydrazone groups is 1. The van der Waals surface area contributed by atoms with Gasteiger partial charge in [-0.3, -0.25) is 14.6 Å². The van der Waals surface area contributed by atoms with Crippen molar-refractivity contribution in [1.82, 2.24) is 9.99 Å². The van der Waals surface area contributed by atoms with E-state index in [1.54, 1.807) is 16.6 Å². The molecule has 114 valence electrons. The van der Waals surface area contributed by atoms with E-state index in [1.165, 1.54) is 11.3 Å². The van der Waals surface area contributed by atoms with Crippen LogP contribution in [0, 0.1) is 5.92 Å². The van der Waals surface area contributed by atoms with Crippen LogP contribution in [0.15, 0.2) is 10.5 Å². The molecule has 0 aromatic carbocycles. The average molecular weight is 310 g/mol. The summed E-state index contributed by atoms with van der Waals surface area (Å²) in [6, 6.07) is -0.624. The first kappa shape index (κ1) is 15.6. The van der Waals surface area contributed by atoms with Crippen LogP contribution in [0.3, 0.4) is 0 Å². The highest BCUT2D eigenvalue weighted by Crippen LogP contribution is 2.23. The molecular formula is C13H18N4O3S. The molecule has 0 spiro atoms. The predicted octanol–water partition coefficient (Wildman–Crippen LogP) is 0.825. The minimum Gasteiger partial charge on any atom is -0.442 e. The largest absolute Gasteiger partial charge is 0.442 e. The number of hydrogen-bond donors (Lipinski definition) is 1. The molecule has 7 nitrogen and oxygen atoms in total. The maximum Gasteiger partial charge on any atom is 0.324 e. The summed E-state index contributed by atoms with van der Waals surface area (Å²) in [5, 5.41) is 8.35. The maximum atomic E-state index is 11.7. The molecule has 0 radical (unpaired) electrons. The van der Waals surface area contributed by atoms with E-state index in [9.17, 15) is 9.59 Å². The number of esters is 1. The van der Waals surface area contributed by atoms with Gasteiger partial charge in [-0.25, -0.2) is 4.98 Å². The van der Waals surface area contributed by atoms with Gasteiger partial charge in [0, 0.05) is 11.6 Å². The monoisotopic (exact) mass is 310 g/mol. The Morgan fingerprint density at radius 1 is 1.67 bits per heavy atom. The van der Waals surface area contributed by atoms with Gasteiger partial charge in [-0.2, -0.15) is 5.10 Å². The number of carbonyl (C=O) groups excluding carboxylic acids is 2. The molecule has 21 heavy (non-hydrogen) atoms. The Labute approximate surface area is 126 Å². The Kier molecular flexibility index (Phi) is 5.03. The van der Waals surface area contributed by atoms with E-state index in [4.69, 9.17) is 10.5 Å². The molecular weight excluding hydrogens is 292 g/mol. The number of thiazole rings is 1. The van der Waals surface area contributed by atoms with Crippen molar-refractivity contribution >= 4 is 29.8 Å². The van der Waals surface area contributed by atoms with Crippen molar-refractivity contribution in [3.8, 4) is 0 Å². The van der Waals surface area contributed by atoms with Gasteiger partial charge in [-0.1, -0.05) is 13.8 Å². The standard InChI is InChI=1S/C13H18N4O3S/c1-8(2)11(14)13(19)20-7-17-4-9(3-15-17)12-16-10(5-18)6-21-12/h3,5-6,8-9,11H,4,7,14H2,1-2H3. The molecule has 0 bridgehead atoms. The van der Waals surface area contributed by atoms with Gasteiger partial charge in [0.2, 0.25) is 0 Å². The zero-order valence-corrected chi connectivity index (χ0v) is 12.7. The van der Waals surface area contributed by atoms with Crippen LogP contribution in [0.25, 0.3) is 0 Å². The molecule has 0 saturated carbocycles. The van der Waals surface area contributed by atoms with Crippen LogP contribution in [0.5, 0.6) is 0 Å². The molecule has 2 rings (SSSR count). The molecule has 1 aliphatic heterocycles. The van der Waals surface area contributed by atoms with Crippen LogP contribution in [-0.4, -0.2) is 47.8 Å². The zero-order chi connectivity index (χ0) is 15.4. The van der Waals surface area contributed by atoms with E-state index in [0.717, 1.165) is 11.3 Å². The number of aromatic nitrogens is 1. The van der Waals surface area contributed by atoms with Gasteiger partial charge in [0.05, 0.1) is 12.5 Å². The maximum absolute atomic E-state index is 11.7. The summed E-state index contributed by atoms with van der Waals surface area (Å²) in [6.45, 7) is 4.36. The lowest BCUT2D eigenvalue weighted by atomic mass is 10.1. The average Bonchev–Trinajstić information content (AvgIpc) is 3.11. The minimum absolute atomic E-state index is 0.0150. The van der Waals surface area contributed by atoms with Crippen molar-refractivity contribution in [3.63, 3.8) is 0 Å². The molecule has 1 aliphatic rings. The molecule has 0 fully saturated rings.